The van der Waals surface area contributed by atoms with E-state index >= 15 is 0 Å². The van der Waals surface area contributed by atoms with Crippen molar-refractivity contribution >= 4 is 5.97 Å². The highest BCUT2D eigenvalue weighted by molar-refractivity contribution is 5.81. The fourth-order valence-corrected chi connectivity index (χ4v) is 9.54. The van der Waals surface area contributed by atoms with Crippen LogP contribution in [0.15, 0.2) is 12.2 Å². The lowest BCUT2D eigenvalue weighted by Gasteiger charge is -2.50. The minimum absolute atomic E-state index is 0.0776. The molecule has 6 aliphatic rings. The minimum atomic E-state index is -1.75. The number of aliphatic hydroxyl groups excluding tert-OH is 10. The molecule has 11 N–H and O–H groups in total. The zero-order valence-electron chi connectivity index (χ0n) is 32.3. The van der Waals surface area contributed by atoms with E-state index in [0.29, 0.717) is 25.7 Å². The van der Waals surface area contributed by atoms with E-state index in [4.69, 9.17) is 37.9 Å². The van der Waals surface area contributed by atoms with E-state index < -0.39 is 135 Å². The molecule has 18 atom stereocenters. The largest absolute Gasteiger partial charge is 0.460 e. The van der Waals surface area contributed by atoms with Crippen molar-refractivity contribution in [1.82, 2.24) is 0 Å². The fourth-order valence-electron chi connectivity index (χ4n) is 9.54. The zero-order chi connectivity index (χ0) is 41.1. The summed E-state index contributed by atoms with van der Waals surface area (Å²) in [5, 5.41) is 106. The van der Waals surface area contributed by atoms with Crippen LogP contribution in [0.1, 0.15) is 57.8 Å². The monoisotopic (exact) mass is 823 g/mol. The number of carbonyl (C=O) groups excluding carboxylic acids is 1. The average Bonchev–Trinajstić information content (AvgIpc) is 3.20. The molecule has 57 heavy (non-hydrogen) atoms. The van der Waals surface area contributed by atoms with E-state index in [9.17, 15) is 55.9 Å². The van der Waals surface area contributed by atoms with Crippen LogP contribution < -0.4 is 0 Å². The SMILES string of the molecule is COC1CC(C2[OH+]C3CC(O)CC(OC4OC(CO)C(O)C(O)C4O)C3CC2OC2OC(COC(=O)C=CC3CCC(O)CC3)C(O)C(O)C2O)CC(OC)C1O. The summed E-state index contributed by atoms with van der Waals surface area (Å²) in [5.74, 6) is -1.40. The Bertz CT molecular complexity index is 1280. The molecule has 6 rings (SSSR count). The van der Waals surface area contributed by atoms with E-state index in [0.717, 1.165) is 12.8 Å². The van der Waals surface area contributed by atoms with Gasteiger partial charge in [0.05, 0.1) is 43.0 Å². The number of esters is 1. The second kappa shape index (κ2) is 19.9. The number of fused-ring (bicyclic) bond motifs is 1. The van der Waals surface area contributed by atoms with Crippen LogP contribution in [-0.4, -0.2) is 206 Å². The molecule has 0 aromatic carbocycles. The third kappa shape index (κ3) is 10.4. The van der Waals surface area contributed by atoms with Crippen LogP contribution in [0, 0.1) is 17.8 Å². The maximum atomic E-state index is 12.6. The summed E-state index contributed by atoms with van der Waals surface area (Å²) in [6.07, 6.45) is -15.0. The van der Waals surface area contributed by atoms with E-state index in [1.54, 1.807) is 6.08 Å². The van der Waals surface area contributed by atoms with Crippen LogP contribution in [0.4, 0.5) is 0 Å². The van der Waals surface area contributed by atoms with Gasteiger partial charge in [-0.15, -0.1) is 0 Å². The maximum absolute atomic E-state index is 12.6. The fraction of sp³-hybridized carbons (Fsp3) is 0.921. The molecule has 3 heterocycles. The van der Waals surface area contributed by atoms with Crippen molar-refractivity contribution in [2.45, 2.75) is 174 Å². The van der Waals surface area contributed by atoms with Gasteiger partial charge in [0.2, 0.25) is 0 Å². The van der Waals surface area contributed by atoms with E-state index in [1.807, 2.05) is 0 Å². The first-order valence-electron chi connectivity index (χ1n) is 20.2. The number of carbonyl (C=O) groups is 1. The Balaban J connectivity index is 1.20. The summed E-state index contributed by atoms with van der Waals surface area (Å²) in [6, 6.07) is 0. The van der Waals surface area contributed by atoms with Gasteiger partial charge in [-0.25, -0.2) is 4.79 Å². The lowest BCUT2D eigenvalue weighted by atomic mass is 9.72. The van der Waals surface area contributed by atoms with Crippen molar-refractivity contribution in [2.24, 2.45) is 17.8 Å². The number of methoxy groups -OCH3 is 2. The third-order valence-corrected chi connectivity index (χ3v) is 12.9. The first kappa shape index (κ1) is 45.1. The molecule has 3 aliphatic carbocycles. The lowest BCUT2D eigenvalue weighted by Crippen LogP contribution is -2.64. The summed E-state index contributed by atoms with van der Waals surface area (Å²) in [5.41, 5.74) is 0. The van der Waals surface area contributed by atoms with Crippen molar-refractivity contribution in [3.63, 3.8) is 0 Å². The van der Waals surface area contributed by atoms with Gasteiger partial charge in [-0.3, -0.25) is 0 Å². The molecule has 0 radical (unpaired) electrons. The van der Waals surface area contributed by atoms with Crippen LogP contribution in [-0.2, 0) is 38.0 Å². The Hall–Kier alpha value is -1.47. The molecule has 0 amide bonds. The van der Waals surface area contributed by atoms with Gasteiger partial charge in [0.15, 0.2) is 24.8 Å². The second-order valence-corrected chi connectivity index (χ2v) is 16.6. The first-order valence-corrected chi connectivity index (χ1v) is 20.2. The molecule has 0 bridgehead atoms. The van der Waals surface area contributed by atoms with Gasteiger partial charge in [-0.1, -0.05) is 6.08 Å². The Labute approximate surface area is 331 Å². The van der Waals surface area contributed by atoms with Crippen LogP contribution in [0.5, 0.6) is 0 Å². The molecule has 3 aliphatic heterocycles. The Kier molecular flexibility index (Phi) is 15.8. The lowest BCUT2D eigenvalue weighted by molar-refractivity contribution is -0.368. The molecule has 3 saturated carbocycles. The maximum Gasteiger partial charge on any atom is 0.330 e. The molecule has 328 valence electrons. The van der Waals surface area contributed by atoms with Crippen LogP contribution in [0.25, 0.3) is 0 Å². The van der Waals surface area contributed by atoms with E-state index in [-0.39, 0.29) is 37.2 Å². The van der Waals surface area contributed by atoms with Crippen LogP contribution >= 0.6 is 0 Å². The molecular formula is C38H63O19+. The van der Waals surface area contributed by atoms with Crippen molar-refractivity contribution in [3.05, 3.63) is 12.2 Å². The number of hydrogen-bond donors (Lipinski definition) is 10. The van der Waals surface area contributed by atoms with E-state index in [1.165, 1.54) is 20.3 Å². The molecular weight excluding hydrogens is 760 g/mol. The van der Waals surface area contributed by atoms with Gasteiger partial charge in [0.1, 0.15) is 67.6 Å². The molecule has 3 saturated heterocycles. The smallest absolute Gasteiger partial charge is 0.330 e. The first-order chi connectivity index (χ1) is 27.2. The summed E-state index contributed by atoms with van der Waals surface area (Å²) in [7, 11) is 2.96. The van der Waals surface area contributed by atoms with Gasteiger partial charge < -0.3 is 89.0 Å². The summed E-state index contributed by atoms with van der Waals surface area (Å²) < 4.78 is 46.1. The second-order valence-electron chi connectivity index (χ2n) is 16.6. The van der Waals surface area contributed by atoms with Crippen LogP contribution in [0.2, 0.25) is 0 Å². The number of ether oxygens (including phenoxy) is 8. The van der Waals surface area contributed by atoms with Crippen molar-refractivity contribution in [1.29, 1.82) is 0 Å². The number of hydrogen-bond acceptors (Lipinski definition) is 18. The molecule has 18 unspecified atom stereocenters. The number of allylic oxidation sites excluding steroid dienone is 1. The molecule has 19 heteroatoms. The highest BCUT2D eigenvalue weighted by Crippen LogP contribution is 2.44. The van der Waals surface area contributed by atoms with Crippen molar-refractivity contribution in [2.75, 3.05) is 27.4 Å². The van der Waals surface area contributed by atoms with Gasteiger partial charge in [0.25, 0.3) is 0 Å². The normalized spacial score (nSPS) is 49.7. The van der Waals surface area contributed by atoms with Crippen molar-refractivity contribution in [3.8, 4) is 0 Å². The Morgan fingerprint density at radius 1 is 0.649 bits per heavy atom. The molecule has 0 aromatic heterocycles. The standard InChI is InChI=1S/C38H62O19/c1-50-23-9-17(10-24(51-2)29(23)43)36-25(13-20-21(53-36)11-19(41)12-22(20)54-37-34(48)32(46)30(44)26(14-39)56-37)55-38-35(49)33(47)31(45)27(57-38)15-52-28(42)8-5-16-3-6-18(40)7-4-16/h5,8,16-27,29-41,43-49H,3-4,6-7,9-15H2,1-2H3/p+1. The highest BCUT2D eigenvalue weighted by atomic mass is 16.7. The quantitative estimate of drug-likeness (QED) is 0.0514. The van der Waals surface area contributed by atoms with Crippen molar-refractivity contribution < 1.29 is 93.8 Å². The Morgan fingerprint density at radius 3 is 1.82 bits per heavy atom. The highest BCUT2D eigenvalue weighted by Gasteiger charge is 2.57. The van der Waals surface area contributed by atoms with E-state index in [2.05, 4.69) is 0 Å². The van der Waals surface area contributed by atoms with Gasteiger partial charge >= 0.3 is 5.97 Å². The third-order valence-electron chi connectivity index (χ3n) is 12.9. The zero-order valence-corrected chi connectivity index (χ0v) is 32.3. The average molecular weight is 824 g/mol. The Morgan fingerprint density at radius 2 is 1.23 bits per heavy atom. The number of rotatable bonds is 12. The van der Waals surface area contributed by atoms with Crippen LogP contribution in [0.3, 0.4) is 0 Å². The summed E-state index contributed by atoms with van der Waals surface area (Å²) in [6.45, 7) is -1.13. The topological polar surface area (TPSA) is 297 Å². The van der Waals surface area contributed by atoms with Gasteiger partial charge in [-0.2, -0.15) is 0 Å². The molecule has 0 spiro atoms. The summed E-state index contributed by atoms with van der Waals surface area (Å²) in [4.78, 5) is 12.6. The molecule has 19 nitrogen and oxygen atoms in total. The minimum Gasteiger partial charge on any atom is -0.460 e. The predicted molar refractivity (Wildman–Crippen MR) is 192 cm³/mol. The van der Waals surface area contributed by atoms with Gasteiger partial charge in [-0.05, 0) is 50.9 Å². The molecule has 0 aromatic rings. The molecule has 6 fully saturated rings. The predicted octanol–water partition coefficient (Wildman–Crippen LogP) is -3.74. The van der Waals surface area contributed by atoms with Gasteiger partial charge in [0, 0.05) is 39.1 Å². The summed E-state index contributed by atoms with van der Waals surface area (Å²) >= 11 is 0. The number of aliphatic hydroxyl groups is 12.